The zero-order valence-electron chi connectivity index (χ0n) is 17.1. The lowest BCUT2D eigenvalue weighted by molar-refractivity contribution is -0.123. The zero-order chi connectivity index (χ0) is 21.2. The highest BCUT2D eigenvalue weighted by Gasteiger charge is 2.31. The highest BCUT2D eigenvalue weighted by Crippen LogP contribution is 2.22. The number of carbonyl (C=O) groups is 2. The first-order chi connectivity index (χ1) is 13.7. The summed E-state index contributed by atoms with van der Waals surface area (Å²) in [4.78, 5) is 25.2. The van der Waals surface area contributed by atoms with E-state index in [2.05, 4.69) is 15.7 Å². The number of furan rings is 1. The quantitative estimate of drug-likeness (QED) is 0.662. The number of nitrogens with zero attached hydrogens (tertiary/aromatic N) is 2. The van der Waals surface area contributed by atoms with Crippen molar-refractivity contribution in [2.45, 2.75) is 33.2 Å². The van der Waals surface area contributed by atoms with Crippen LogP contribution in [0.2, 0.25) is 0 Å². The molecule has 8 heteroatoms. The summed E-state index contributed by atoms with van der Waals surface area (Å²) in [5.41, 5.74) is 0.617. The molecule has 0 bridgehead atoms. The Balaban J connectivity index is 1.70. The fourth-order valence-corrected chi connectivity index (χ4v) is 2.81. The molecule has 0 unspecified atom stereocenters. The Morgan fingerprint density at radius 2 is 1.79 bits per heavy atom. The van der Waals surface area contributed by atoms with Gasteiger partial charge in [0.25, 0.3) is 11.8 Å². The minimum Gasteiger partial charge on any atom is -0.497 e. The molecule has 0 saturated heterocycles. The second-order valence-electron chi connectivity index (χ2n) is 7.20. The van der Waals surface area contributed by atoms with Crippen LogP contribution in [-0.4, -0.2) is 28.7 Å². The Kier molecular flexibility index (Phi) is 5.45. The molecule has 0 aliphatic heterocycles. The molecule has 29 heavy (non-hydrogen) atoms. The number of hydrogen-bond donors (Lipinski definition) is 2. The van der Waals surface area contributed by atoms with Crippen LogP contribution < -0.4 is 15.4 Å². The molecule has 152 valence electrons. The lowest BCUT2D eigenvalue weighted by atomic mass is 10.0. The van der Waals surface area contributed by atoms with Gasteiger partial charge in [0.1, 0.15) is 22.8 Å². The van der Waals surface area contributed by atoms with E-state index in [4.69, 9.17) is 9.15 Å². The van der Waals surface area contributed by atoms with Crippen LogP contribution in [0.25, 0.3) is 0 Å². The van der Waals surface area contributed by atoms with Gasteiger partial charge >= 0.3 is 0 Å². The third-order valence-electron chi connectivity index (χ3n) is 4.60. The predicted molar refractivity (Wildman–Crippen MR) is 109 cm³/mol. The number of ether oxygens (including phenoxy) is 1. The van der Waals surface area contributed by atoms with Gasteiger partial charge in [0.05, 0.1) is 24.6 Å². The molecule has 0 atom stereocenters. The molecule has 0 radical (unpaired) electrons. The van der Waals surface area contributed by atoms with E-state index in [1.807, 2.05) is 0 Å². The first-order valence-corrected chi connectivity index (χ1v) is 9.09. The minimum absolute atomic E-state index is 0.245. The van der Waals surface area contributed by atoms with Crippen LogP contribution in [-0.2, 0) is 10.3 Å². The SMILES string of the molecule is COc1ccc(NC(=O)C(C)(C)n2cc(NC(=O)c3cc(C)oc3C)cn2)cc1. The van der Waals surface area contributed by atoms with Crippen molar-refractivity contribution >= 4 is 23.2 Å². The topological polar surface area (TPSA) is 98.4 Å². The van der Waals surface area contributed by atoms with E-state index in [0.717, 1.165) is 0 Å². The van der Waals surface area contributed by atoms with Gasteiger partial charge in [-0.25, -0.2) is 0 Å². The van der Waals surface area contributed by atoms with Gasteiger partial charge in [-0.1, -0.05) is 0 Å². The molecular weight excluding hydrogens is 372 g/mol. The van der Waals surface area contributed by atoms with Gasteiger partial charge in [-0.05, 0) is 58.0 Å². The number of amides is 2. The van der Waals surface area contributed by atoms with E-state index in [1.54, 1.807) is 71.3 Å². The Bertz CT molecular complexity index is 1030. The second kappa shape index (κ2) is 7.83. The van der Waals surface area contributed by atoms with Gasteiger partial charge in [-0.2, -0.15) is 5.10 Å². The molecule has 8 nitrogen and oxygen atoms in total. The van der Waals surface area contributed by atoms with Crippen LogP contribution in [0.1, 0.15) is 35.7 Å². The molecule has 3 rings (SSSR count). The van der Waals surface area contributed by atoms with Crippen molar-refractivity contribution < 1.29 is 18.7 Å². The summed E-state index contributed by atoms with van der Waals surface area (Å²) in [6.45, 7) is 7.01. The molecule has 2 aromatic heterocycles. The van der Waals surface area contributed by atoms with Crippen LogP contribution in [0.15, 0.2) is 47.1 Å². The normalized spacial score (nSPS) is 11.2. The van der Waals surface area contributed by atoms with Gasteiger partial charge in [0.2, 0.25) is 0 Å². The standard InChI is InChI=1S/C21H24N4O4/c1-13-10-18(14(2)29-13)19(26)23-16-11-22-25(12-16)21(3,4)20(27)24-15-6-8-17(28-5)9-7-15/h6-12H,1-5H3,(H,23,26)(H,24,27). The fraction of sp³-hybridized carbons (Fsp3) is 0.286. The number of anilines is 2. The van der Waals surface area contributed by atoms with Crippen LogP contribution in [0.3, 0.4) is 0 Å². The average molecular weight is 396 g/mol. The van der Waals surface area contributed by atoms with E-state index in [1.165, 1.54) is 10.9 Å². The molecule has 0 fully saturated rings. The molecular formula is C21H24N4O4. The molecule has 3 aromatic rings. The van der Waals surface area contributed by atoms with E-state index >= 15 is 0 Å². The number of carbonyl (C=O) groups excluding carboxylic acids is 2. The van der Waals surface area contributed by atoms with Gasteiger partial charge in [-0.15, -0.1) is 0 Å². The van der Waals surface area contributed by atoms with Crippen molar-refractivity contribution in [3.05, 3.63) is 59.8 Å². The third kappa shape index (κ3) is 4.31. The van der Waals surface area contributed by atoms with Crippen LogP contribution in [0.4, 0.5) is 11.4 Å². The summed E-state index contributed by atoms with van der Waals surface area (Å²) >= 11 is 0. The van der Waals surface area contributed by atoms with Crippen molar-refractivity contribution in [3.8, 4) is 5.75 Å². The predicted octanol–water partition coefficient (Wildman–Crippen LogP) is 3.73. The molecule has 2 amide bonds. The smallest absolute Gasteiger partial charge is 0.259 e. The second-order valence-corrected chi connectivity index (χ2v) is 7.20. The summed E-state index contributed by atoms with van der Waals surface area (Å²) in [5, 5.41) is 9.89. The van der Waals surface area contributed by atoms with E-state index < -0.39 is 5.54 Å². The molecule has 0 aliphatic rings. The summed E-state index contributed by atoms with van der Waals surface area (Å²) < 4.78 is 12.0. The van der Waals surface area contributed by atoms with Gasteiger partial charge < -0.3 is 19.8 Å². The summed E-state index contributed by atoms with van der Waals surface area (Å²) in [5.74, 6) is 1.38. The van der Waals surface area contributed by atoms with Crippen LogP contribution in [0.5, 0.6) is 5.75 Å². The van der Waals surface area contributed by atoms with Crippen molar-refractivity contribution in [2.24, 2.45) is 0 Å². The number of nitrogens with one attached hydrogen (secondary N) is 2. The largest absolute Gasteiger partial charge is 0.497 e. The number of aryl methyl sites for hydroxylation is 2. The minimum atomic E-state index is -0.981. The number of benzene rings is 1. The number of methoxy groups -OCH3 is 1. The third-order valence-corrected chi connectivity index (χ3v) is 4.60. The van der Waals surface area contributed by atoms with Crippen molar-refractivity contribution in [1.29, 1.82) is 0 Å². The Labute approximate surface area is 168 Å². The molecule has 1 aromatic carbocycles. The van der Waals surface area contributed by atoms with Gasteiger partial charge in [0, 0.05) is 11.9 Å². The summed E-state index contributed by atoms with van der Waals surface area (Å²) in [6.07, 6.45) is 3.12. The van der Waals surface area contributed by atoms with E-state index in [9.17, 15) is 9.59 Å². The molecule has 0 spiro atoms. The number of rotatable bonds is 6. The molecule has 0 saturated carbocycles. The van der Waals surface area contributed by atoms with Gasteiger partial charge in [-0.3, -0.25) is 14.3 Å². The van der Waals surface area contributed by atoms with Crippen LogP contribution >= 0.6 is 0 Å². The number of aromatic nitrogens is 2. The van der Waals surface area contributed by atoms with Crippen LogP contribution in [0, 0.1) is 13.8 Å². The highest BCUT2D eigenvalue weighted by atomic mass is 16.5. The first-order valence-electron chi connectivity index (χ1n) is 9.09. The maximum atomic E-state index is 12.8. The molecule has 2 heterocycles. The van der Waals surface area contributed by atoms with Crippen molar-refractivity contribution in [3.63, 3.8) is 0 Å². The summed E-state index contributed by atoms with van der Waals surface area (Å²) in [7, 11) is 1.58. The van der Waals surface area contributed by atoms with E-state index in [-0.39, 0.29) is 11.8 Å². The average Bonchev–Trinajstić information content (AvgIpc) is 3.28. The maximum Gasteiger partial charge on any atom is 0.259 e. The maximum absolute atomic E-state index is 12.8. The van der Waals surface area contributed by atoms with Crippen molar-refractivity contribution in [2.75, 3.05) is 17.7 Å². The number of hydrogen-bond acceptors (Lipinski definition) is 5. The highest BCUT2D eigenvalue weighted by molar-refractivity contribution is 6.05. The Morgan fingerprint density at radius 1 is 1.10 bits per heavy atom. The first kappa shape index (κ1) is 20.2. The monoisotopic (exact) mass is 396 g/mol. The molecule has 2 N–H and O–H groups in total. The zero-order valence-corrected chi connectivity index (χ0v) is 17.1. The molecule has 0 aliphatic carbocycles. The lowest BCUT2D eigenvalue weighted by Gasteiger charge is -2.24. The fourth-order valence-electron chi connectivity index (χ4n) is 2.81. The Morgan fingerprint density at radius 3 is 2.38 bits per heavy atom. The van der Waals surface area contributed by atoms with Crippen molar-refractivity contribution in [1.82, 2.24) is 9.78 Å². The lowest BCUT2D eigenvalue weighted by Crippen LogP contribution is -2.40. The summed E-state index contributed by atoms with van der Waals surface area (Å²) in [6, 6.07) is 8.74. The Hall–Kier alpha value is -3.55. The van der Waals surface area contributed by atoms with Gasteiger partial charge in [0.15, 0.2) is 0 Å². The van der Waals surface area contributed by atoms with E-state index in [0.29, 0.717) is 34.2 Å².